The zero-order chi connectivity index (χ0) is 17.2. The van der Waals surface area contributed by atoms with E-state index in [1.54, 1.807) is 30.6 Å². The van der Waals surface area contributed by atoms with Gasteiger partial charge in [-0.1, -0.05) is 12.1 Å². The molecule has 0 unspecified atom stereocenters. The van der Waals surface area contributed by atoms with Crippen molar-refractivity contribution in [3.63, 3.8) is 0 Å². The largest absolute Gasteiger partial charge is 0.352 e. The number of guanidine groups is 1. The van der Waals surface area contributed by atoms with Crippen LogP contribution in [0.2, 0.25) is 0 Å². The number of H-pyrrole nitrogens is 1. The van der Waals surface area contributed by atoms with Crippen LogP contribution < -0.4 is 10.6 Å². The van der Waals surface area contributed by atoms with E-state index < -0.39 is 0 Å². The Balaban J connectivity index is 0.00000131. The van der Waals surface area contributed by atoms with Gasteiger partial charge in [-0.3, -0.25) is 10.1 Å². The van der Waals surface area contributed by atoms with Gasteiger partial charge in [0.15, 0.2) is 0 Å². The monoisotopic (exact) mass is 407 g/mol. The summed E-state index contributed by atoms with van der Waals surface area (Å²) in [6.45, 7) is 0.434. The molecule has 0 saturated carbocycles. The smallest absolute Gasteiger partial charge is 0.276 e. The fourth-order valence-corrected chi connectivity index (χ4v) is 2.58. The van der Waals surface area contributed by atoms with Gasteiger partial charge in [-0.2, -0.15) is 0 Å². The van der Waals surface area contributed by atoms with Gasteiger partial charge in [0, 0.05) is 29.9 Å². The van der Waals surface area contributed by atoms with Gasteiger partial charge in [0.05, 0.1) is 0 Å². The summed E-state index contributed by atoms with van der Waals surface area (Å²) in [7, 11) is 0. The van der Waals surface area contributed by atoms with Gasteiger partial charge in [0.25, 0.3) is 5.91 Å². The molecule has 0 fully saturated rings. The summed E-state index contributed by atoms with van der Waals surface area (Å²) in [4.78, 5) is 23.7. The number of fused-ring (bicyclic) bond motifs is 1. The van der Waals surface area contributed by atoms with Crippen LogP contribution in [0.3, 0.4) is 0 Å². The summed E-state index contributed by atoms with van der Waals surface area (Å²) in [5.74, 6) is -0.188. The molecule has 1 aromatic carbocycles. The number of hydrogen-bond donors (Lipinski definition) is 3. The first-order chi connectivity index (χ1) is 12.2. The summed E-state index contributed by atoms with van der Waals surface area (Å²) in [5.41, 5.74) is 2.80. The molecule has 0 bridgehead atoms. The molecule has 1 amide bonds. The molecule has 0 radical (unpaired) electrons. The molecule has 27 heavy (non-hydrogen) atoms. The number of benzene rings is 1. The number of nitrogens with zero attached hydrogens (tertiary/aromatic N) is 2. The van der Waals surface area contributed by atoms with Gasteiger partial charge < -0.3 is 10.3 Å². The molecule has 3 aromatic rings. The van der Waals surface area contributed by atoms with E-state index in [1.807, 2.05) is 12.1 Å². The summed E-state index contributed by atoms with van der Waals surface area (Å²) in [6, 6.07) is 9.90. The standard InChI is InChI=1S/C18H14FN5O.2ClH/c19-13-5-3-11(4-6-13)9-22-18-23-15(17(25)24-18)8-12-10-21-16-14(12)2-1-7-20-16;;/h1-8,10H,9H2,(H,20,21)(H2,22,23,24,25);2*1H/b15-8-;;. The minimum absolute atomic E-state index is 0. The fraction of sp³-hybridized carbons (Fsp3) is 0.0556. The second-order valence-electron chi connectivity index (χ2n) is 5.57. The normalized spacial score (nSPS) is 14.3. The minimum Gasteiger partial charge on any atom is -0.352 e. The number of pyridine rings is 1. The van der Waals surface area contributed by atoms with Crippen molar-refractivity contribution in [3.05, 3.63) is 71.4 Å². The van der Waals surface area contributed by atoms with Crippen molar-refractivity contribution in [1.82, 2.24) is 20.6 Å². The molecule has 6 nitrogen and oxygen atoms in total. The van der Waals surface area contributed by atoms with Crippen LogP contribution in [-0.4, -0.2) is 21.8 Å². The van der Waals surface area contributed by atoms with Crippen LogP contribution in [-0.2, 0) is 11.3 Å². The van der Waals surface area contributed by atoms with Gasteiger partial charge >= 0.3 is 0 Å². The highest BCUT2D eigenvalue weighted by molar-refractivity contribution is 6.14. The molecule has 140 valence electrons. The number of rotatable bonds is 3. The van der Waals surface area contributed by atoms with Crippen molar-refractivity contribution in [3.8, 4) is 0 Å². The highest BCUT2D eigenvalue weighted by atomic mass is 35.5. The molecule has 0 saturated heterocycles. The van der Waals surface area contributed by atoms with E-state index in [1.165, 1.54) is 12.1 Å². The lowest BCUT2D eigenvalue weighted by Gasteiger charge is -2.05. The molecule has 0 aliphatic carbocycles. The number of aromatic amines is 1. The van der Waals surface area contributed by atoms with Crippen LogP contribution >= 0.6 is 24.8 Å². The average molecular weight is 408 g/mol. The molecule has 1 aliphatic rings. The summed E-state index contributed by atoms with van der Waals surface area (Å²) in [6.07, 6.45) is 5.20. The molecule has 1 aliphatic heterocycles. The Morgan fingerprint density at radius 2 is 1.93 bits per heavy atom. The molecular weight excluding hydrogens is 392 g/mol. The van der Waals surface area contributed by atoms with E-state index in [9.17, 15) is 9.18 Å². The van der Waals surface area contributed by atoms with Crippen molar-refractivity contribution in [2.24, 2.45) is 4.99 Å². The first-order valence-electron chi connectivity index (χ1n) is 7.71. The Hall–Kier alpha value is -2.90. The van der Waals surface area contributed by atoms with Crippen LogP contribution in [0.4, 0.5) is 4.39 Å². The first kappa shape index (κ1) is 20.4. The molecule has 3 N–H and O–H groups in total. The second-order valence-corrected chi connectivity index (χ2v) is 5.57. The predicted octanol–water partition coefficient (Wildman–Crippen LogP) is 3.16. The number of amides is 1. The number of aliphatic imine (C=N–C) groups is 1. The van der Waals surface area contributed by atoms with E-state index in [0.29, 0.717) is 18.2 Å². The SMILES string of the molecule is Cl.Cl.O=C1NC(NCc2ccc(F)cc2)=N/C1=C\c1c[nH]c2ncccc12. The quantitative estimate of drug-likeness (QED) is 0.583. The summed E-state index contributed by atoms with van der Waals surface area (Å²) < 4.78 is 12.9. The lowest BCUT2D eigenvalue weighted by molar-refractivity contribution is -0.115. The Kier molecular flexibility index (Phi) is 6.55. The lowest BCUT2D eigenvalue weighted by atomic mass is 10.2. The van der Waals surface area contributed by atoms with Crippen LogP contribution in [0, 0.1) is 5.82 Å². The maximum absolute atomic E-state index is 12.9. The zero-order valence-corrected chi connectivity index (χ0v) is 15.5. The van der Waals surface area contributed by atoms with E-state index in [-0.39, 0.29) is 36.5 Å². The third-order valence-electron chi connectivity index (χ3n) is 3.85. The zero-order valence-electron chi connectivity index (χ0n) is 13.9. The average Bonchev–Trinajstić information content (AvgIpc) is 3.19. The number of halogens is 3. The maximum Gasteiger partial charge on any atom is 0.276 e. The van der Waals surface area contributed by atoms with E-state index >= 15 is 0 Å². The maximum atomic E-state index is 12.9. The van der Waals surface area contributed by atoms with Gasteiger partial charge in [-0.05, 0) is 35.9 Å². The van der Waals surface area contributed by atoms with Crippen molar-refractivity contribution >= 4 is 53.8 Å². The number of aromatic nitrogens is 2. The van der Waals surface area contributed by atoms with Crippen LogP contribution in [0.5, 0.6) is 0 Å². The van der Waals surface area contributed by atoms with Crippen LogP contribution in [0.15, 0.2) is 59.5 Å². The minimum atomic E-state index is -0.284. The number of carbonyl (C=O) groups is 1. The third-order valence-corrected chi connectivity index (χ3v) is 3.85. The lowest BCUT2D eigenvalue weighted by Crippen LogP contribution is -2.35. The fourth-order valence-electron chi connectivity index (χ4n) is 2.58. The number of hydrogen-bond acceptors (Lipinski definition) is 4. The summed E-state index contributed by atoms with van der Waals surface area (Å²) in [5, 5.41) is 6.63. The van der Waals surface area contributed by atoms with E-state index in [0.717, 1.165) is 22.2 Å². The second kappa shape index (κ2) is 8.66. The molecule has 4 rings (SSSR count). The van der Waals surface area contributed by atoms with Crippen LogP contribution in [0.1, 0.15) is 11.1 Å². The Labute approximate surface area is 166 Å². The Morgan fingerprint density at radius 3 is 2.70 bits per heavy atom. The van der Waals surface area contributed by atoms with E-state index in [4.69, 9.17) is 0 Å². The summed E-state index contributed by atoms with van der Waals surface area (Å²) >= 11 is 0. The molecule has 3 heterocycles. The van der Waals surface area contributed by atoms with Crippen LogP contribution in [0.25, 0.3) is 17.1 Å². The first-order valence-corrected chi connectivity index (χ1v) is 7.71. The highest BCUT2D eigenvalue weighted by Crippen LogP contribution is 2.20. The van der Waals surface area contributed by atoms with Crippen molar-refractivity contribution in [1.29, 1.82) is 0 Å². The molecule has 0 atom stereocenters. The van der Waals surface area contributed by atoms with Crippen molar-refractivity contribution in [2.75, 3.05) is 0 Å². The van der Waals surface area contributed by atoms with Gasteiger partial charge in [0.1, 0.15) is 17.2 Å². The van der Waals surface area contributed by atoms with Crippen molar-refractivity contribution < 1.29 is 9.18 Å². The molecule has 0 spiro atoms. The predicted molar refractivity (Wildman–Crippen MR) is 107 cm³/mol. The van der Waals surface area contributed by atoms with Crippen molar-refractivity contribution in [2.45, 2.75) is 6.54 Å². The topological polar surface area (TPSA) is 82.2 Å². The Morgan fingerprint density at radius 1 is 1.15 bits per heavy atom. The molecular formula is C18H16Cl2FN5O. The molecule has 2 aromatic heterocycles. The number of carbonyl (C=O) groups excluding carboxylic acids is 1. The number of nitrogens with one attached hydrogen (secondary N) is 3. The third kappa shape index (κ3) is 4.45. The van der Waals surface area contributed by atoms with Gasteiger partial charge in [0.2, 0.25) is 5.96 Å². The highest BCUT2D eigenvalue weighted by Gasteiger charge is 2.20. The molecule has 9 heteroatoms. The van der Waals surface area contributed by atoms with E-state index in [2.05, 4.69) is 25.6 Å². The Bertz CT molecular complexity index is 1010. The van der Waals surface area contributed by atoms with Gasteiger partial charge in [-0.25, -0.2) is 14.4 Å². The van der Waals surface area contributed by atoms with Gasteiger partial charge in [-0.15, -0.1) is 24.8 Å².